The van der Waals surface area contributed by atoms with E-state index in [4.69, 9.17) is 0 Å². The number of hydrogen-bond donors (Lipinski definition) is 1. The number of sulfonamides is 1. The summed E-state index contributed by atoms with van der Waals surface area (Å²) in [6, 6.07) is 5.85. The van der Waals surface area contributed by atoms with E-state index in [-0.39, 0.29) is 16.4 Å². The SMILES string of the molecule is C[C@@]1(NC(=O)c2ccc(S(=O)(=O)N3CCCCCC3)cc2)CCS(=O)(=O)C1. The molecule has 27 heavy (non-hydrogen) atoms. The highest BCUT2D eigenvalue weighted by Crippen LogP contribution is 2.24. The first-order valence-corrected chi connectivity index (χ1v) is 12.5. The van der Waals surface area contributed by atoms with E-state index in [0.717, 1.165) is 25.7 Å². The molecule has 1 N–H and O–H groups in total. The molecule has 7 nitrogen and oxygen atoms in total. The Morgan fingerprint density at radius 3 is 2.19 bits per heavy atom. The van der Waals surface area contributed by atoms with Gasteiger partial charge in [-0.1, -0.05) is 12.8 Å². The molecule has 2 saturated heterocycles. The Kier molecular flexibility index (Phi) is 5.65. The zero-order valence-electron chi connectivity index (χ0n) is 15.5. The lowest BCUT2D eigenvalue weighted by molar-refractivity contribution is 0.0915. The van der Waals surface area contributed by atoms with Gasteiger partial charge in [-0.3, -0.25) is 4.79 Å². The second-order valence-corrected chi connectivity index (χ2v) is 11.8. The van der Waals surface area contributed by atoms with E-state index in [0.29, 0.717) is 25.1 Å². The fourth-order valence-corrected chi connectivity index (χ4v) is 7.27. The molecule has 2 fully saturated rings. The summed E-state index contributed by atoms with van der Waals surface area (Å²) >= 11 is 0. The first kappa shape index (κ1) is 20.3. The average Bonchev–Trinajstić information content (AvgIpc) is 2.81. The van der Waals surface area contributed by atoms with Gasteiger partial charge in [-0.15, -0.1) is 0 Å². The number of sulfone groups is 1. The third-order valence-electron chi connectivity index (χ3n) is 5.24. The Bertz CT molecular complexity index is 902. The predicted octanol–water partition coefficient (Wildman–Crippen LogP) is 1.56. The first-order valence-electron chi connectivity index (χ1n) is 9.25. The molecule has 2 heterocycles. The molecule has 2 aliphatic rings. The van der Waals surface area contributed by atoms with Gasteiger partial charge in [-0.2, -0.15) is 4.31 Å². The molecule has 0 bridgehead atoms. The van der Waals surface area contributed by atoms with Crippen LogP contribution in [-0.2, 0) is 19.9 Å². The Labute approximate surface area is 161 Å². The number of rotatable bonds is 4. The number of benzene rings is 1. The second-order valence-electron chi connectivity index (χ2n) is 7.70. The minimum atomic E-state index is -3.56. The summed E-state index contributed by atoms with van der Waals surface area (Å²) in [7, 11) is -6.68. The zero-order valence-corrected chi connectivity index (χ0v) is 17.1. The van der Waals surface area contributed by atoms with E-state index in [9.17, 15) is 21.6 Å². The summed E-state index contributed by atoms with van der Waals surface area (Å²) in [5.74, 6) is -0.405. The summed E-state index contributed by atoms with van der Waals surface area (Å²) < 4.78 is 50.4. The van der Waals surface area contributed by atoms with Crippen LogP contribution >= 0.6 is 0 Å². The molecule has 150 valence electrons. The predicted molar refractivity (Wildman–Crippen MR) is 103 cm³/mol. The van der Waals surface area contributed by atoms with Crippen LogP contribution in [0.2, 0.25) is 0 Å². The third-order valence-corrected chi connectivity index (χ3v) is 9.05. The van der Waals surface area contributed by atoms with Crippen molar-refractivity contribution in [3.05, 3.63) is 29.8 Å². The zero-order chi connectivity index (χ0) is 19.7. The van der Waals surface area contributed by atoms with Crippen LogP contribution in [0.25, 0.3) is 0 Å². The molecule has 0 aliphatic carbocycles. The number of nitrogens with zero attached hydrogens (tertiary/aromatic N) is 1. The monoisotopic (exact) mass is 414 g/mol. The Hall–Kier alpha value is -1.45. The maximum absolute atomic E-state index is 12.8. The van der Waals surface area contributed by atoms with Gasteiger partial charge >= 0.3 is 0 Å². The van der Waals surface area contributed by atoms with Crippen LogP contribution in [0.3, 0.4) is 0 Å². The standard InChI is InChI=1S/C18H26N2O5S2/c1-18(10-13-26(22,23)14-18)19-17(21)15-6-8-16(9-7-15)27(24,25)20-11-4-2-3-5-12-20/h6-9H,2-5,10-14H2,1H3,(H,19,21)/t18-/m1/s1. The highest BCUT2D eigenvalue weighted by molar-refractivity contribution is 7.91. The Morgan fingerprint density at radius 2 is 1.67 bits per heavy atom. The van der Waals surface area contributed by atoms with Gasteiger partial charge in [0.15, 0.2) is 9.84 Å². The van der Waals surface area contributed by atoms with Crippen LogP contribution in [0.4, 0.5) is 0 Å². The van der Waals surface area contributed by atoms with E-state index in [1.54, 1.807) is 6.92 Å². The first-order chi connectivity index (χ1) is 12.6. The molecule has 0 aromatic heterocycles. The number of nitrogens with one attached hydrogen (secondary N) is 1. The largest absolute Gasteiger partial charge is 0.346 e. The van der Waals surface area contributed by atoms with Gasteiger partial charge in [0.1, 0.15) is 0 Å². The quantitative estimate of drug-likeness (QED) is 0.806. The van der Waals surface area contributed by atoms with Crippen molar-refractivity contribution in [3.63, 3.8) is 0 Å². The Balaban J connectivity index is 1.72. The van der Waals surface area contributed by atoms with E-state index >= 15 is 0 Å². The number of carbonyl (C=O) groups is 1. The normalized spacial score (nSPS) is 26.4. The van der Waals surface area contributed by atoms with E-state index in [2.05, 4.69) is 5.32 Å². The van der Waals surface area contributed by atoms with Gasteiger partial charge in [-0.25, -0.2) is 16.8 Å². The molecule has 0 spiro atoms. The van der Waals surface area contributed by atoms with Crippen molar-refractivity contribution in [2.75, 3.05) is 24.6 Å². The minimum Gasteiger partial charge on any atom is -0.346 e. The van der Waals surface area contributed by atoms with Crippen molar-refractivity contribution in [3.8, 4) is 0 Å². The maximum atomic E-state index is 12.8. The third kappa shape index (κ3) is 4.70. The molecule has 0 saturated carbocycles. The van der Waals surface area contributed by atoms with Crippen molar-refractivity contribution < 1.29 is 21.6 Å². The van der Waals surface area contributed by atoms with Gasteiger partial charge in [0, 0.05) is 18.7 Å². The molecular formula is C18H26N2O5S2. The van der Waals surface area contributed by atoms with Crippen LogP contribution in [0.15, 0.2) is 29.2 Å². The molecule has 0 unspecified atom stereocenters. The van der Waals surface area contributed by atoms with Crippen LogP contribution in [-0.4, -0.2) is 57.2 Å². The van der Waals surface area contributed by atoms with Crippen LogP contribution in [0, 0.1) is 0 Å². The topological polar surface area (TPSA) is 101 Å². The highest BCUT2D eigenvalue weighted by Gasteiger charge is 2.39. The molecule has 1 aromatic rings. The summed E-state index contributed by atoms with van der Waals surface area (Å²) in [5, 5.41) is 2.78. The summed E-state index contributed by atoms with van der Waals surface area (Å²) in [5.41, 5.74) is -0.470. The summed E-state index contributed by atoms with van der Waals surface area (Å²) in [6.45, 7) is 2.77. The summed E-state index contributed by atoms with van der Waals surface area (Å²) in [6.07, 6.45) is 4.18. The highest BCUT2D eigenvalue weighted by atomic mass is 32.2. The van der Waals surface area contributed by atoms with E-state index < -0.39 is 31.3 Å². The van der Waals surface area contributed by atoms with Gasteiger partial charge in [0.25, 0.3) is 5.91 Å². The second kappa shape index (κ2) is 7.52. The molecule has 3 rings (SSSR count). The molecule has 9 heteroatoms. The molecule has 0 radical (unpaired) electrons. The van der Waals surface area contributed by atoms with Crippen molar-refractivity contribution in [1.29, 1.82) is 0 Å². The molecule has 1 amide bonds. The molecule has 1 aromatic carbocycles. The molecule has 2 aliphatic heterocycles. The number of amides is 1. The van der Waals surface area contributed by atoms with Crippen LogP contribution in [0.1, 0.15) is 49.4 Å². The Morgan fingerprint density at radius 1 is 1.07 bits per heavy atom. The fourth-order valence-electron chi connectivity index (χ4n) is 3.66. The molecule has 1 atom stereocenters. The lowest BCUT2D eigenvalue weighted by atomic mass is 10.0. The van der Waals surface area contributed by atoms with Crippen LogP contribution in [0.5, 0.6) is 0 Å². The van der Waals surface area contributed by atoms with E-state index in [1.807, 2.05) is 0 Å². The maximum Gasteiger partial charge on any atom is 0.251 e. The van der Waals surface area contributed by atoms with Gasteiger partial charge in [0.05, 0.1) is 21.9 Å². The fraction of sp³-hybridized carbons (Fsp3) is 0.611. The van der Waals surface area contributed by atoms with Gasteiger partial charge < -0.3 is 5.32 Å². The van der Waals surface area contributed by atoms with Crippen molar-refractivity contribution >= 4 is 25.8 Å². The lowest BCUT2D eigenvalue weighted by Gasteiger charge is -2.24. The average molecular weight is 415 g/mol. The summed E-state index contributed by atoms with van der Waals surface area (Å²) in [4.78, 5) is 12.6. The minimum absolute atomic E-state index is 0.0663. The number of hydrogen-bond acceptors (Lipinski definition) is 5. The van der Waals surface area contributed by atoms with E-state index in [1.165, 1.54) is 28.6 Å². The van der Waals surface area contributed by atoms with Crippen molar-refractivity contribution in [1.82, 2.24) is 9.62 Å². The molecular weight excluding hydrogens is 388 g/mol. The van der Waals surface area contributed by atoms with Crippen molar-refractivity contribution in [2.45, 2.75) is 49.5 Å². The van der Waals surface area contributed by atoms with Gasteiger partial charge in [-0.05, 0) is 50.5 Å². The van der Waals surface area contributed by atoms with Gasteiger partial charge in [0.2, 0.25) is 10.0 Å². The smallest absolute Gasteiger partial charge is 0.251 e. The number of carbonyl (C=O) groups excluding carboxylic acids is 1. The lowest BCUT2D eigenvalue weighted by Crippen LogP contribution is -2.46. The van der Waals surface area contributed by atoms with Crippen LogP contribution < -0.4 is 5.32 Å². The van der Waals surface area contributed by atoms with Crippen molar-refractivity contribution in [2.24, 2.45) is 0 Å².